The molecule has 0 radical (unpaired) electrons. The third kappa shape index (κ3) is 4.45. The van der Waals surface area contributed by atoms with E-state index in [1.54, 1.807) is 0 Å². The van der Waals surface area contributed by atoms with Crippen molar-refractivity contribution in [2.45, 2.75) is 39.7 Å². The van der Waals surface area contributed by atoms with Gasteiger partial charge in [0.15, 0.2) is 0 Å². The van der Waals surface area contributed by atoms with Crippen molar-refractivity contribution >= 4 is 5.91 Å². The third-order valence-corrected chi connectivity index (χ3v) is 4.72. The van der Waals surface area contributed by atoms with Crippen molar-refractivity contribution in [1.82, 2.24) is 20.0 Å². The van der Waals surface area contributed by atoms with Gasteiger partial charge in [0.2, 0.25) is 17.7 Å². The van der Waals surface area contributed by atoms with E-state index < -0.39 is 0 Å². The summed E-state index contributed by atoms with van der Waals surface area (Å²) >= 11 is 0. The summed E-state index contributed by atoms with van der Waals surface area (Å²) in [5, 5.41) is 8.16. The summed E-state index contributed by atoms with van der Waals surface area (Å²) in [6.45, 7) is 9.92. The van der Waals surface area contributed by atoms with Gasteiger partial charge in [-0.3, -0.25) is 9.69 Å². The molecule has 1 aliphatic heterocycles. The number of nitrogens with zero attached hydrogens (tertiary/aromatic N) is 4. The molecule has 134 valence electrons. The molecule has 0 aliphatic carbocycles. The lowest BCUT2D eigenvalue weighted by molar-refractivity contribution is -0.133. The van der Waals surface area contributed by atoms with Gasteiger partial charge in [-0.1, -0.05) is 17.7 Å². The van der Waals surface area contributed by atoms with Gasteiger partial charge in [0.1, 0.15) is 0 Å². The first-order chi connectivity index (χ1) is 12.0. The minimum atomic E-state index is 0.165. The van der Waals surface area contributed by atoms with Crippen molar-refractivity contribution in [2.75, 3.05) is 26.2 Å². The van der Waals surface area contributed by atoms with Crippen molar-refractivity contribution in [1.29, 1.82) is 0 Å². The highest BCUT2D eigenvalue weighted by Crippen LogP contribution is 2.19. The van der Waals surface area contributed by atoms with Crippen LogP contribution in [0.25, 0.3) is 11.5 Å². The van der Waals surface area contributed by atoms with Crippen molar-refractivity contribution in [3.05, 3.63) is 35.7 Å². The topological polar surface area (TPSA) is 62.5 Å². The number of carbonyl (C=O) groups excluding carboxylic acids is 1. The molecule has 3 rings (SSSR count). The fourth-order valence-corrected chi connectivity index (χ4v) is 3.03. The highest BCUT2D eigenvalue weighted by molar-refractivity contribution is 5.76. The molecule has 0 saturated carbocycles. The SMILES string of the molecule is Cc1ccc(-c2nnc(CCC(=O)N3CCN(C(C)C)CC3)o2)cc1. The van der Waals surface area contributed by atoms with E-state index in [4.69, 9.17) is 4.42 Å². The van der Waals surface area contributed by atoms with Crippen LogP contribution in [0.15, 0.2) is 28.7 Å². The maximum absolute atomic E-state index is 12.4. The maximum atomic E-state index is 12.4. The highest BCUT2D eigenvalue weighted by Gasteiger charge is 2.22. The van der Waals surface area contributed by atoms with Crippen LogP contribution in [0.5, 0.6) is 0 Å². The van der Waals surface area contributed by atoms with E-state index in [0.29, 0.717) is 30.7 Å². The third-order valence-electron chi connectivity index (χ3n) is 4.72. The summed E-state index contributed by atoms with van der Waals surface area (Å²) in [4.78, 5) is 16.7. The number of benzene rings is 1. The Bertz CT molecular complexity index is 700. The molecule has 1 saturated heterocycles. The van der Waals surface area contributed by atoms with Crippen molar-refractivity contribution < 1.29 is 9.21 Å². The van der Waals surface area contributed by atoms with Crippen molar-refractivity contribution in [3.63, 3.8) is 0 Å². The number of piperazine rings is 1. The standard InChI is InChI=1S/C19H26N4O2/c1-14(2)22-10-12-23(13-11-22)18(24)9-8-17-20-21-19(25-17)16-6-4-15(3)5-7-16/h4-7,14H,8-13H2,1-3H3. The molecule has 6 heteroatoms. The van der Waals surface area contributed by atoms with Crippen LogP contribution in [0.3, 0.4) is 0 Å². The number of hydrogen-bond donors (Lipinski definition) is 0. The summed E-state index contributed by atoms with van der Waals surface area (Å²) in [5.41, 5.74) is 2.09. The van der Waals surface area contributed by atoms with E-state index in [2.05, 4.69) is 28.9 Å². The summed E-state index contributed by atoms with van der Waals surface area (Å²) in [5.74, 6) is 1.19. The first kappa shape index (κ1) is 17.6. The predicted molar refractivity (Wildman–Crippen MR) is 96.1 cm³/mol. The average molecular weight is 342 g/mol. The molecule has 0 unspecified atom stereocenters. The monoisotopic (exact) mass is 342 g/mol. The van der Waals surface area contributed by atoms with Gasteiger partial charge in [0, 0.05) is 50.6 Å². The van der Waals surface area contributed by atoms with E-state index in [0.717, 1.165) is 31.7 Å². The number of aromatic nitrogens is 2. The Morgan fingerprint density at radius 2 is 1.80 bits per heavy atom. The molecule has 2 aromatic rings. The maximum Gasteiger partial charge on any atom is 0.247 e. The quantitative estimate of drug-likeness (QED) is 0.835. The number of aryl methyl sites for hydroxylation is 2. The number of hydrogen-bond acceptors (Lipinski definition) is 5. The van der Waals surface area contributed by atoms with E-state index in [1.807, 2.05) is 36.1 Å². The van der Waals surface area contributed by atoms with E-state index in [-0.39, 0.29) is 5.91 Å². The average Bonchev–Trinajstić information content (AvgIpc) is 3.09. The number of amides is 1. The van der Waals surface area contributed by atoms with Crippen LogP contribution in [0, 0.1) is 6.92 Å². The minimum Gasteiger partial charge on any atom is -0.421 e. The van der Waals surface area contributed by atoms with Gasteiger partial charge in [-0.15, -0.1) is 10.2 Å². The molecule has 1 aromatic heterocycles. The van der Waals surface area contributed by atoms with Gasteiger partial charge in [0.05, 0.1) is 0 Å². The molecule has 0 spiro atoms. The second kappa shape index (κ2) is 7.78. The molecule has 1 fully saturated rings. The molecule has 25 heavy (non-hydrogen) atoms. The van der Waals surface area contributed by atoms with Crippen LogP contribution in [0.4, 0.5) is 0 Å². The van der Waals surface area contributed by atoms with Gasteiger partial charge in [0.25, 0.3) is 0 Å². The van der Waals surface area contributed by atoms with Gasteiger partial charge in [-0.05, 0) is 32.9 Å². The van der Waals surface area contributed by atoms with Gasteiger partial charge >= 0.3 is 0 Å². The van der Waals surface area contributed by atoms with E-state index >= 15 is 0 Å². The Morgan fingerprint density at radius 3 is 2.44 bits per heavy atom. The fourth-order valence-electron chi connectivity index (χ4n) is 3.03. The normalized spacial score (nSPS) is 15.8. The Kier molecular flexibility index (Phi) is 5.48. The molecule has 2 heterocycles. The van der Waals surface area contributed by atoms with Crippen LogP contribution in [-0.2, 0) is 11.2 Å². The molecule has 0 N–H and O–H groups in total. The van der Waals surface area contributed by atoms with Gasteiger partial charge in [-0.2, -0.15) is 0 Å². The summed E-state index contributed by atoms with van der Waals surface area (Å²) < 4.78 is 5.69. The largest absolute Gasteiger partial charge is 0.421 e. The van der Waals surface area contributed by atoms with Crippen molar-refractivity contribution in [2.24, 2.45) is 0 Å². The molecule has 0 bridgehead atoms. The second-order valence-corrected chi connectivity index (χ2v) is 6.88. The summed E-state index contributed by atoms with van der Waals surface area (Å²) in [7, 11) is 0. The second-order valence-electron chi connectivity index (χ2n) is 6.88. The molecule has 1 amide bonds. The molecule has 1 aromatic carbocycles. The van der Waals surface area contributed by atoms with Crippen molar-refractivity contribution in [3.8, 4) is 11.5 Å². The van der Waals surface area contributed by atoms with E-state index in [9.17, 15) is 4.79 Å². The molecular formula is C19H26N4O2. The molecule has 1 aliphatic rings. The van der Waals surface area contributed by atoms with Crippen LogP contribution >= 0.6 is 0 Å². The van der Waals surface area contributed by atoms with Crippen LogP contribution in [0.2, 0.25) is 0 Å². The Hall–Kier alpha value is -2.21. The lowest BCUT2D eigenvalue weighted by atomic mass is 10.1. The van der Waals surface area contributed by atoms with Gasteiger partial charge < -0.3 is 9.32 Å². The Labute approximate surface area is 148 Å². The number of carbonyl (C=O) groups is 1. The zero-order valence-electron chi connectivity index (χ0n) is 15.2. The first-order valence-electron chi connectivity index (χ1n) is 8.94. The van der Waals surface area contributed by atoms with Crippen LogP contribution in [-0.4, -0.2) is 58.1 Å². The summed E-state index contributed by atoms with van der Waals surface area (Å²) in [6, 6.07) is 8.49. The smallest absolute Gasteiger partial charge is 0.247 e. The Morgan fingerprint density at radius 1 is 1.12 bits per heavy atom. The predicted octanol–water partition coefficient (Wildman–Crippen LogP) is 2.53. The Balaban J connectivity index is 1.51. The highest BCUT2D eigenvalue weighted by atomic mass is 16.4. The van der Waals surface area contributed by atoms with Gasteiger partial charge in [-0.25, -0.2) is 0 Å². The lowest BCUT2D eigenvalue weighted by Gasteiger charge is -2.36. The zero-order valence-corrected chi connectivity index (χ0v) is 15.2. The van der Waals surface area contributed by atoms with Crippen LogP contribution in [0.1, 0.15) is 31.7 Å². The minimum absolute atomic E-state index is 0.165. The fraction of sp³-hybridized carbons (Fsp3) is 0.526. The molecule has 0 atom stereocenters. The molecule has 6 nitrogen and oxygen atoms in total. The summed E-state index contributed by atoms with van der Waals surface area (Å²) in [6.07, 6.45) is 0.902. The zero-order chi connectivity index (χ0) is 17.8. The first-order valence-corrected chi connectivity index (χ1v) is 8.94. The lowest BCUT2D eigenvalue weighted by Crippen LogP contribution is -2.50. The van der Waals surface area contributed by atoms with Crippen LogP contribution < -0.4 is 0 Å². The molecular weight excluding hydrogens is 316 g/mol. The van der Waals surface area contributed by atoms with E-state index in [1.165, 1.54) is 5.56 Å². The number of rotatable bonds is 5.